The van der Waals surface area contributed by atoms with Crippen LogP contribution in [-0.4, -0.2) is 14.6 Å². The smallest absolute Gasteiger partial charge is 0.160 e. The van der Waals surface area contributed by atoms with Crippen LogP contribution in [0.4, 0.5) is 5.69 Å². The number of aromatic nitrogens is 3. The van der Waals surface area contributed by atoms with Crippen LogP contribution in [0.25, 0.3) is 5.65 Å². The lowest BCUT2D eigenvalue weighted by atomic mass is 9.82. The molecule has 0 spiro atoms. The van der Waals surface area contributed by atoms with Gasteiger partial charge in [-0.15, -0.1) is 10.2 Å². The number of nitrogen functional groups attached to an aromatic ring is 1. The van der Waals surface area contributed by atoms with E-state index in [2.05, 4.69) is 34.5 Å². The number of hydrogen-bond donors (Lipinski definition) is 1. The summed E-state index contributed by atoms with van der Waals surface area (Å²) in [5.41, 5.74) is 10.3. The summed E-state index contributed by atoms with van der Waals surface area (Å²) < 4.78 is 2.03. The average molecular weight is 264 g/mol. The number of anilines is 1. The van der Waals surface area contributed by atoms with Crippen molar-refractivity contribution in [3.8, 4) is 0 Å². The van der Waals surface area contributed by atoms with Gasteiger partial charge in [-0.3, -0.25) is 4.40 Å². The van der Waals surface area contributed by atoms with Crippen LogP contribution in [0.15, 0.2) is 42.6 Å². The van der Waals surface area contributed by atoms with Crippen molar-refractivity contribution in [3.05, 3.63) is 59.5 Å². The van der Waals surface area contributed by atoms with Crippen molar-refractivity contribution in [3.63, 3.8) is 0 Å². The van der Waals surface area contributed by atoms with E-state index in [4.69, 9.17) is 5.73 Å². The molecule has 0 radical (unpaired) electrons. The number of benzene rings is 1. The second-order valence-corrected chi connectivity index (χ2v) is 5.39. The Morgan fingerprint density at radius 1 is 1.10 bits per heavy atom. The van der Waals surface area contributed by atoms with Gasteiger partial charge in [-0.1, -0.05) is 24.3 Å². The first-order valence-electron chi connectivity index (χ1n) is 7.01. The Morgan fingerprint density at radius 2 is 2.00 bits per heavy atom. The summed E-state index contributed by atoms with van der Waals surface area (Å²) in [4.78, 5) is 0. The molecule has 2 aromatic heterocycles. The van der Waals surface area contributed by atoms with Gasteiger partial charge in [-0.05, 0) is 42.5 Å². The molecular weight excluding hydrogens is 248 g/mol. The predicted molar refractivity (Wildman–Crippen MR) is 78.6 cm³/mol. The van der Waals surface area contributed by atoms with Crippen LogP contribution >= 0.6 is 0 Å². The molecule has 100 valence electrons. The van der Waals surface area contributed by atoms with Crippen LogP contribution in [0, 0.1) is 0 Å². The molecule has 20 heavy (non-hydrogen) atoms. The second kappa shape index (κ2) is 4.34. The minimum Gasteiger partial charge on any atom is -0.398 e. The lowest BCUT2D eigenvalue weighted by molar-refractivity contribution is 0.586. The third-order valence-corrected chi connectivity index (χ3v) is 4.13. The summed E-state index contributed by atoms with van der Waals surface area (Å²) in [5.74, 6) is 1.32. The van der Waals surface area contributed by atoms with E-state index in [0.717, 1.165) is 30.0 Å². The largest absolute Gasteiger partial charge is 0.398 e. The first-order chi connectivity index (χ1) is 9.83. The van der Waals surface area contributed by atoms with Gasteiger partial charge in [0.2, 0.25) is 0 Å². The molecule has 0 fully saturated rings. The van der Waals surface area contributed by atoms with Gasteiger partial charge >= 0.3 is 0 Å². The maximum Gasteiger partial charge on any atom is 0.160 e. The molecule has 3 aromatic rings. The Labute approximate surface area is 117 Å². The summed E-state index contributed by atoms with van der Waals surface area (Å²) in [6.45, 7) is 0. The molecule has 1 atom stereocenters. The molecule has 4 rings (SSSR count). The van der Waals surface area contributed by atoms with Crippen LogP contribution in [-0.2, 0) is 6.42 Å². The van der Waals surface area contributed by atoms with E-state index in [1.165, 1.54) is 17.5 Å². The van der Waals surface area contributed by atoms with Gasteiger partial charge < -0.3 is 5.73 Å². The Bertz CT molecular complexity index is 775. The van der Waals surface area contributed by atoms with E-state index in [1.54, 1.807) is 0 Å². The Morgan fingerprint density at radius 3 is 2.95 bits per heavy atom. The summed E-state index contributed by atoms with van der Waals surface area (Å²) in [5, 5.41) is 8.68. The van der Waals surface area contributed by atoms with Crippen LogP contribution in [0.1, 0.15) is 35.7 Å². The predicted octanol–water partition coefficient (Wildman–Crippen LogP) is 2.78. The van der Waals surface area contributed by atoms with Crippen molar-refractivity contribution < 1.29 is 0 Å². The SMILES string of the molecule is Nc1ccc2nnc(C3CCCc4ccccc43)n2c1. The molecule has 0 saturated carbocycles. The average Bonchev–Trinajstić information content (AvgIpc) is 2.89. The molecule has 0 saturated heterocycles. The van der Waals surface area contributed by atoms with E-state index in [0.29, 0.717) is 5.92 Å². The van der Waals surface area contributed by atoms with Gasteiger partial charge in [0.1, 0.15) is 5.82 Å². The number of hydrogen-bond acceptors (Lipinski definition) is 3. The topological polar surface area (TPSA) is 56.2 Å². The Kier molecular flexibility index (Phi) is 2.49. The zero-order chi connectivity index (χ0) is 13.5. The minimum absolute atomic E-state index is 0.316. The van der Waals surface area contributed by atoms with Gasteiger partial charge in [0.05, 0.1) is 0 Å². The molecule has 1 aliphatic carbocycles. The molecule has 1 aliphatic rings. The highest BCUT2D eigenvalue weighted by Gasteiger charge is 2.25. The molecule has 0 bridgehead atoms. The van der Waals surface area contributed by atoms with Crippen LogP contribution in [0.2, 0.25) is 0 Å². The first-order valence-corrected chi connectivity index (χ1v) is 7.01. The quantitative estimate of drug-likeness (QED) is 0.735. The van der Waals surface area contributed by atoms with Crippen LogP contribution < -0.4 is 5.73 Å². The van der Waals surface area contributed by atoms with Crippen molar-refractivity contribution in [2.45, 2.75) is 25.2 Å². The van der Waals surface area contributed by atoms with Crippen molar-refractivity contribution in [2.75, 3.05) is 5.73 Å². The van der Waals surface area contributed by atoms with Gasteiger partial charge in [-0.25, -0.2) is 0 Å². The van der Waals surface area contributed by atoms with Crippen molar-refractivity contribution in [1.82, 2.24) is 14.6 Å². The second-order valence-electron chi connectivity index (χ2n) is 5.39. The molecule has 1 unspecified atom stereocenters. The summed E-state index contributed by atoms with van der Waals surface area (Å²) in [6.07, 6.45) is 5.39. The zero-order valence-corrected chi connectivity index (χ0v) is 11.2. The zero-order valence-electron chi connectivity index (χ0n) is 11.2. The number of aryl methyl sites for hydroxylation is 1. The van der Waals surface area contributed by atoms with E-state index in [9.17, 15) is 0 Å². The molecule has 4 heteroatoms. The number of rotatable bonds is 1. The maximum atomic E-state index is 5.90. The van der Waals surface area contributed by atoms with Crippen molar-refractivity contribution in [2.24, 2.45) is 0 Å². The van der Waals surface area contributed by atoms with E-state index < -0.39 is 0 Å². The van der Waals surface area contributed by atoms with Gasteiger partial charge in [0.25, 0.3) is 0 Å². The third kappa shape index (κ3) is 1.68. The van der Waals surface area contributed by atoms with Gasteiger partial charge in [0, 0.05) is 17.8 Å². The highest BCUT2D eigenvalue weighted by Crippen LogP contribution is 2.35. The minimum atomic E-state index is 0.316. The number of nitrogens with zero attached hydrogens (tertiary/aromatic N) is 3. The monoisotopic (exact) mass is 264 g/mol. The lowest BCUT2D eigenvalue weighted by Gasteiger charge is -2.24. The number of fused-ring (bicyclic) bond motifs is 2. The molecular formula is C16H16N4. The highest BCUT2D eigenvalue weighted by atomic mass is 15.2. The molecule has 2 heterocycles. The van der Waals surface area contributed by atoms with Gasteiger partial charge in [-0.2, -0.15) is 0 Å². The first kappa shape index (κ1) is 11.5. The summed E-state index contributed by atoms with van der Waals surface area (Å²) >= 11 is 0. The standard InChI is InChI=1S/C16H16N4/c17-12-8-9-15-18-19-16(20(15)10-12)14-7-3-5-11-4-1-2-6-13(11)14/h1-2,4,6,8-10,14H,3,5,7,17H2. The van der Waals surface area contributed by atoms with E-state index in [1.807, 2.05) is 22.7 Å². The highest BCUT2D eigenvalue weighted by molar-refractivity contribution is 5.48. The maximum absolute atomic E-state index is 5.90. The molecule has 4 nitrogen and oxygen atoms in total. The van der Waals surface area contributed by atoms with Crippen molar-refractivity contribution >= 4 is 11.3 Å². The van der Waals surface area contributed by atoms with Gasteiger partial charge in [0.15, 0.2) is 5.65 Å². The summed E-state index contributed by atoms with van der Waals surface area (Å²) in [7, 11) is 0. The molecule has 0 aliphatic heterocycles. The molecule has 1 aromatic carbocycles. The van der Waals surface area contributed by atoms with E-state index >= 15 is 0 Å². The Hall–Kier alpha value is -2.36. The van der Waals surface area contributed by atoms with Crippen molar-refractivity contribution in [1.29, 1.82) is 0 Å². The van der Waals surface area contributed by atoms with E-state index in [-0.39, 0.29) is 0 Å². The summed E-state index contributed by atoms with van der Waals surface area (Å²) in [6, 6.07) is 12.4. The molecule has 0 amide bonds. The van der Waals surface area contributed by atoms with Crippen LogP contribution in [0.5, 0.6) is 0 Å². The molecule has 2 N–H and O–H groups in total. The fraction of sp³-hybridized carbons (Fsp3) is 0.250. The third-order valence-electron chi connectivity index (χ3n) is 4.13. The number of pyridine rings is 1. The lowest BCUT2D eigenvalue weighted by Crippen LogP contribution is -2.13. The fourth-order valence-corrected chi connectivity index (χ4v) is 3.18. The Balaban J connectivity index is 1.90. The normalized spacial score (nSPS) is 18.1. The number of nitrogens with two attached hydrogens (primary N) is 1. The fourth-order valence-electron chi connectivity index (χ4n) is 3.18. The van der Waals surface area contributed by atoms with Crippen LogP contribution in [0.3, 0.4) is 0 Å².